The molecule has 0 saturated carbocycles. The molecule has 1 heterocycles. The van der Waals surface area contributed by atoms with E-state index >= 15 is 0 Å². The summed E-state index contributed by atoms with van der Waals surface area (Å²) in [7, 11) is 1.62. The van der Waals surface area contributed by atoms with E-state index in [9.17, 15) is 19.2 Å². The number of amides is 1. The zero-order valence-electron chi connectivity index (χ0n) is 17.2. The van der Waals surface area contributed by atoms with Crippen molar-refractivity contribution in [1.29, 1.82) is 5.26 Å². The van der Waals surface area contributed by atoms with E-state index in [-0.39, 0.29) is 17.9 Å². The number of nitriles is 1. The van der Waals surface area contributed by atoms with Crippen LogP contribution in [0.2, 0.25) is 0 Å². The van der Waals surface area contributed by atoms with Crippen molar-refractivity contribution in [2.24, 2.45) is 0 Å². The Labute approximate surface area is 174 Å². The van der Waals surface area contributed by atoms with Crippen LogP contribution in [-0.4, -0.2) is 36.8 Å². The molecule has 0 aliphatic heterocycles. The van der Waals surface area contributed by atoms with Gasteiger partial charge in [0.25, 0.3) is 5.91 Å². The highest BCUT2D eigenvalue weighted by molar-refractivity contribution is 5.99. The van der Waals surface area contributed by atoms with Gasteiger partial charge in [0.1, 0.15) is 17.5 Å². The number of nitrogens with one attached hydrogen (secondary N) is 1. The molecular formula is C22H24FN3O4. The van der Waals surface area contributed by atoms with Crippen LogP contribution in [0.4, 0.5) is 4.39 Å². The van der Waals surface area contributed by atoms with Crippen molar-refractivity contribution in [3.63, 3.8) is 0 Å². The first kappa shape index (κ1) is 22.8. The van der Waals surface area contributed by atoms with Crippen molar-refractivity contribution in [2.75, 3.05) is 20.3 Å². The highest BCUT2D eigenvalue weighted by Gasteiger charge is 2.15. The molecule has 8 heteroatoms. The maximum Gasteiger partial charge on any atom is 0.349 e. The maximum atomic E-state index is 12.9. The van der Waals surface area contributed by atoms with E-state index in [0.717, 1.165) is 17.0 Å². The molecule has 30 heavy (non-hydrogen) atoms. The van der Waals surface area contributed by atoms with Gasteiger partial charge >= 0.3 is 5.97 Å². The third-order valence-electron chi connectivity index (χ3n) is 4.51. The summed E-state index contributed by atoms with van der Waals surface area (Å²) in [5, 5.41) is 11.9. The summed E-state index contributed by atoms with van der Waals surface area (Å²) < 4.78 is 25.0. The number of hydrogen-bond acceptors (Lipinski definition) is 5. The molecule has 0 fully saturated rings. The van der Waals surface area contributed by atoms with Gasteiger partial charge in [-0.1, -0.05) is 12.1 Å². The highest BCUT2D eigenvalue weighted by atomic mass is 19.1. The van der Waals surface area contributed by atoms with Crippen LogP contribution in [0.25, 0.3) is 6.08 Å². The van der Waals surface area contributed by atoms with E-state index in [1.165, 1.54) is 18.2 Å². The molecule has 1 amide bonds. The highest BCUT2D eigenvalue weighted by Crippen LogP contribution is 2.18. The smallest absolute Gasteiger partial charge is 0.349 e. The number of nitrogens with zero attached hydrogens (tertiary/aromatic N) is 2. The van der Waals surface area contributed by atoms with Gasteiger partial charge in [-0.3, -0.25) is 4.79 Å². The van der Waals surface area contributed by atoms with Crippen molar-refractivity contribution >= 4 is 18.0 Å². The molecule has 2 aromatic rings. The number of rotatable bonds is 9. The van der Waals surface area contributed by atoms with Crippen molar-refractivity contribution in [1.82, 2.24) is 9.88 Å². The van der Waals surface area contributed by atoms with Crippen LogP contribution in [-0.2, 0) is 32.2 Å². The molecule has 0 unspecified atom stereocenters. The SMILES string of the molecule is COCCn1c(C)cc(/C=C(\C#N)C(=O)OCC(=O)NCc2ccc(F)cc2)c1C. The molecule has 1 N–H and O–H groups in total. The first-order valence-corrected chi connectivity index (χ1v) is 9.31. The molecule has 0 bridgehead atoms. The molecule has 158 valence electrons. The summed E-state index contributed by atoms with van der Waals surface area (Å²) in [4.78, 5) is 24.1. The minimum atomic E-state index is -0.879. The first-order valence-electron chi connectivity index (χ1n) is 9.31. The number of ether oxygens (including phenoxy) is 2. The summed E-state index contributed by atoms with van der Waals surface area (Å²) in [6.45, 7) is 4.66. The van der Waals surface area contributed by atoms with Crippen molar-refractivity contribution < 1.29 is 23.5 Å². The third-order valence-corrected chi connectivity index (χ3v) is 4.51. The maximum absolute atomic E-state index is 12.9. The average Bonchev–Trinajstić information content (AvgIpc) is 3.00. The predicted octanol–water partition coefficient (Wildman–Crippen LogP) is 2.66. The van der Waals surface area contributed by atoms with E-state index < -0.39 is 18.5 Å². The predicted molar refractivity (Wildman–Crippen MR) is 109 cm³/mol. The van der Waals surface area contributed by atoms with Gasteiger partial charge in [0.05, 0.1) is 6.61 Å². The average molecular weight is 413 g/mol. The van der Waals surface area contributed by atoms with Crippen LogP contribution in [0.1, 0.15) is 22.5 Å². The van der Waals surface area contributed by atoms with Crippen LogP contribution in [0.3, 0.4) is 0 Å². The Morgan fingerprint density at radius 2 is 1.97 bits per heavy atom. The Balaban J connectivity index is 1.95. The molecule has 0 radical (unpaired) electrons. The standard InChI is InChI=1S/C22H24FN3O4/c1-15-10-18(16(2)26(15)8-9-29-3)11-19(12-24)22(28)30-14-21(27)25-13-17-4-6-20(23)7-5-17/h4-7,10-11H,8-9,13-14H2,1-3H3,(H,25,27)/b19-11+. The normalized spacial score (nSPS) is 11.1. The zero-order valence-corrected chi connectivity index (χ0v) is 17.2. The number of halogens is 1. The number of aromatic nitrogens is 1. The van der Waals surface area contributed by atoms with Gasteiger partial charge in [-0.05, 0) is 49.2 Å². The fraction of sp³-hybridized carbons (Fsp3) is 0.318. The summed E-state index contributed by atoms with van der Waals surface area (Å²) in [5.74, 6) is -1.77. The lowest BCUT2D eigenvalue weighted by atomic mass is 10.1. The topological polar surface area (TPSA) is 93.3 Å². The van der Waals surface area contributed by atoms with Gasteiger partial charge in [0.2, 0.25) is 0 Å². The number of aryl methyl sites for hydroxylation is 1. The summed E-state index contributed by atoms with van der Waals surface area (Å²) in [5.41, 5.74) is 3.09. The second kappa shape index (κ2) is 10.9. The van der Waals surface area contributed by atoms with Crippen LogP contribution in [0, 0.1) is 31.0 Å². The lowest BCUT2D eigenvalue weighted by Gasteiger charge is -2.08. The van der Waals surface area contributed by atoms with Gasteiger partial charge in [-0.25, -0.2) is 9.18 Å². The second-order valence-corrected chi connectivity index (χ2v) is 6.62. The Morgan fingerprint density at radius 3 is 2.60 bits per heavy atom. The van der Waals surface area contributed by atoms with E-state index in [4.69, 9.17) is 9.47 Å². The molecular weight excluding hydrogens is 389 g/mol. The summed E-state index contributed by atoms with van der Waals surface area (Å²) in [6.07, 6.45) is 1.45. The second-order valence-electron chi connectivity index (χ2n) is 6.62. The fourth-order valence-corrected chi connectivity index (χ4v) is 2.86. The van der Waals surface area contributed by atoms with E-state index in [1.54, 1.807) is 19.2 Å². The fourth-order valence-electron chi connectivity index (χ4n) is 2.86. The number of carbonyl (C=O) groups is 2. The van der Waals surface area contributed by atoms with Crippen LogP contribution >= 0.6 is 0 Å². The molecule has 0 atom stereocenters. The monoisotopic (exact) mass is 413 g/mol. The molecule has 1 aromatic heterocycles. The van der Waals surface area contributed by atoms with E-state index in [0.29, 0.717) is 18.7 Å². The summed E-state index contributed by atoms with van der Waals surface area (Å²) >= 11 is 0. The van der Waals surface area contributed by atoms with Crippen LogP contribution < -0.4 is 5.32 Å². The van der Waals surface area contributed by atoms with Crippen LogP contribution in [0.15, 0.2) is 35.9 Å². The number of benzene rings is 1. The molecule has 1 aromatic carbocycles. The van der Waals surface area contributed by atoms with E-state index in [2.05, 4.69) is 5.32 Å². The van der Waals surface area contributed by atoms with Gasteiger partial charge in [0.15, 0.2) is 6.61 Å². The Bertz CT molecular complexity index is 972. The molecule has 0 aliphatic carbocycles. The van der Waals surface area contributed by atoms with Crippen LogP contribution in [0.5, 0.6) is 0 Å². The third kappa shape index (κ3) is 6.29. The number of esters is 1. The Hall–Kier alpha value is -3.44. The molecule has 7 nitrogen and oxygen atoms in total. The number of methoxy groups -OCH3 is 1. The lowest BCUT2D eigenvalue weighted by molar-refractivity contribution is -0.144. The number of carbonyl (C=O) groups excluding carboxylic acids is 2. The van der Waals surface area contributed by atoms with Crippen molar-refractivity contribution in [3.8, 4) is 6.07 Å². The Morgan fingerprint density at radius 1 is 1.27 bits per heavy atom. The van der Waals surface area contributed by atoms with Gasteiger partial charge < -0.3 is 19.4 Å². The lowest BCUT2D eigenvalue weighted by Crippen LogP contribution is -2.28. The van der Waals surface area contributed by atoms with Gasteiger partial charge in [-0.15, -0.1) is 0 Å². The summed E-state index contributed by atoms with van der Waals surface area (Å²) in [6, 6.07) is 9.35. The van der Waals surface area contributed by atoms with Gasteiger partial charge in [0, 0.05) is 31.6 Å². The minimum absolute atomic E-state index is 0.172. The molecule has 0 spiro atoms. The zero-order chi connectivity index (χ0) is 22.1. The Kier molecular flexibility index (Phi) is 8.32. The largest absolute Gasteiger partial charge is 0.451 e. The molecule has 2 rings (SSSR count). The molecule has 0 saturated heterocycles. The van der Waals surface area contributed by atoms with E-state index in [1.807, 2.05) is 30.6 Å². The van der Waals surface area contributed by atoms with Crippen molar-refractivity contribution in [3.05, 3.63) is 64.2 Å². The minimum Gasteiger partial charge on any atom is -0.451 e. The number of hydrogen-bond donors (Lipinski definition) is 1. The van der Waals surface area contributed by atoms with Gasteiger partial charge in [-0.2, -0.15) is 5.26 Å². The molecule has 0 aliphatic rings. The quantitative estimate of drug-likeness (QED) is 0.388. The first-order chi connectivity index (χ1) is 14.3. The van der Waals surface area contributed by atoms with Crippen molar-refractivity contribution in [2.45, 2.75) is 26.9 Å².